The van der Waals surface area contributed by atoms with Gasteiger partial charge in [0.1, 0.15) is 6.61 Å². The molecule has 2 aromatic carbocycles. The Kier molecular flexibility index (Phi) is 6.02. The summed E-state index contributed by atoms with van der Waals surface area (Å²) in [5.41, 5.74) is 3.73. The lowest BCUT2D eigenvalue weighted by atomic mass is 10.2. The summed E-state index contributed by atoms with van der Waals surface area (Å²) < 4.78 is 11.1. The maximum Gasteiger partial charge on any atom is 0.257 e. The number of amides is 1. The predicted octanol–water partition coefficient (Wildman–Crippen LogP) is 2.93. The van der Waals surface area contributed by atoms with Gasteiger partial charge in [-0.15, -0.1) is 0 Å². The minimum atomic E-state index is -0.413. The first-order valence-corrected chi connectivity index (χ1v) is 7.24. The van der Waals surface area contributed by atoms with Gasteiger partial charge in [0.2, 0.25) is 0 Å². The van der Waals surface area contributed by atoms with Gasteiger partial charge >= 0.3 is 0 Å². The Hall–Kier alpha value is -2.50. The third-order valence-corrected chi connectivity index (χ3v) is 3.33. The topological polar surface area (TPSA) is 73.6 Å². The monoisotopic (exact) mass is 332 g/mol. The minimum absolute atomic E-state index is 0.377. The summed E-state index contributed by atoms with van der Waals surface area (Å²) in [5, 5.41) is 0.396. The third kappa shape index (κ3) is 4.74. The molecular formula is C17H17ClN2O3. The van der Waals surface area contributed by atoms with Crippen LogP contribution in [0.5, 0.6) is 11.5 Å². The molecule has 5 nitrogen and oxygen atoms in total. The number of nitrogens with one attached hydrogen (secondary N) is 1. The van der Waals surface area contributed by atoms with Crippen LogP contribution < -0.4 is 20.7 Å². The molecule has 0 heterocycles. The largest absolute Gasteiger partial charge is 0.493 e. The minimum Gasteiger partial charge on any atom is -0.493 e. The second-order valence-corrected chi connectivity index (χ2v) is 5.06. The van der Waals surface area contributed by atoms with Crippen LogP contribution in [0, 0.1) is 0 Å². The quantitative estimate of drug-likeness (QED) is 0.369. The molecule has 3 N–H and O–H groups in total. The fourth-order valence-electron chi connectivity index (χ4n) is 1.93. The summed E-state index contributed by atoms with van der Waals surface area (Å²) in [6, 6.07) is 13.2. The van der Waals surface area contributed by atoms with Crippen molar-refractivity contribution in [2.45, 2.75) is 6.61 Å². The van der Waals surface area contributed by atoms with Crippen molar-refractivity contribution >= 4 is 23.6 Å². The normalized spacial score (nSPS) is 10.6. The number of benzene rings is 2. The number of rotatable bonds is 6. The lowest BCUT2D eigenvalue weighted by Crippen LogP contribution is -2.27. The molecule has 23 heavy (non-hydrogen) atoms. The van der Waals surface area contributed by atoms with Gasteiger partial charge in [0.05, 0.1) is 12.1 Å². The van der Waals surface area contributed by atoms with Gasteiger partial charge in [0.25, 0.3) is 5.91 Å². The molecule has 0 atom stereocenters. The Morgan fingerprint density at radius 2 is 2.04 bits per heavy atom. The number of carbonyl (C=O) groups is 1. The highest BCUT2D eigenvalue weighted by Crippen LogP contribution is 2.37. The van der Waals surface area contributed by atoms with Crippen LogP contribution in [-0.2, 0) is 11.4 Å². The number of ether oxygens (including phenoxy) is 2. The molecule has 2 rings (SSSR count). The van der Waals surface area contributed by atoms with Crippen LogP contribution in [0.3, 0.4) is 0 Å². The number of hydrogen-bond acceptors (Lipinski definition) is 4. The number of hydrazine groups is 1. The third-order valence-electron chi connectivity index (χ3n) is 3.05. The van der Waals surface area contributed by atoms with Crippen molar-refractivity contribution < 1.29 is 14.3 Å². The highest BCUT2D eigenvalue weighted by Gasteiger charge is 2.11. The Balaban J connectivity index is 2.19. The van der Waals surface area contributed by atoms with E-state index >= 15 is 0 Å². The van der Waals surface area contributed by atoms with Crippen molar-refractivity contribution in [3.05, 3.63) is 64.7 Å². The Morgan fingerprint density at radius 1 is 1.30 bits per heavy atom. The molecule has 1 amide bonds. The molecule has 0 fully saturated rings. The SMILES string of the molecule is COc1cc(/C=C/C(=O)NN)cc(Cl)c1OCc1ccccc1. The van der Waals surface area contributed by atoms with E-state index in [-0.39, 0.29) is 0 Å². The maximum absolute atomic E-state index is 11.1. The fourth-order valence-corrected chi connectivity index (χ4v) is 2.20. The Morgan fingerprint density at radius 3 is 2.70 bits per heavy atom. The van der Waals surface area contributed by atoms with E-state index in [9.17, 15) is 4.79 Å². The summed E-state index contributed by atoms with van der Waals surface area (Å²) in [5.74, 6) is 5.55. The molecule has 0 spiro atoms. The van der Waals surface area contributed by atoms with Gasteiger partial charge in [-0.3, -0.25) is 10.2 Å². The van der Waals surface area contributed by atoms with E-state index < -0.39 is 5.91 Å². The molecule has 0 saturated carbocycles. The zero-order valence-corrected chi connectivity index (χ0v) is 13.3. The lowest BCUT2D eigenvalue weighted by molar-refractivity contribution is -0.116. The number of halogens is 1. The van der Waals surface area contributed by atoms with E-state index in [1.54, 1.807) is 18.2 Å². The number of carbonyl (C=O) groups excluding carboxylic acids is 1. The van der Waals surface area contributed by atoms with Crippen LogP contribution in [0.2, 0.25) is 5.02 Å². The predicted molar refractivity (Wildman–Crippen MR) is 90.1 cm³/mol. The standard InChI is InChI=1S/C17H17ClN2O3/c1-22-15-10-13(7-8-16(21)20-19)9-14(18)17(15)23-11-12-5-3-2-4-6-12/h2-10H,11,19H2,1H3,(H,20,21)/b8-7+. The van der Waals surface area contributed by atoms with Crippen molar-refractivity contribution in [2.75, 3.05) is 7.11 Å². The second-order valence-electron chi connectivity index (χ2n) is 4.65. The highest BCUT2D eigenvalue weighted by atomic mass is 35.5. The van der Waals surface area contributed by atoms with E-state index in [2.05, 4.69) is 0 Å². The van der Waals surface area contributed by atoms with Gasteiger partial charge < -0.3 is 9.47 Å². The zero-order chi connectivity index (χ0) is 16.7. The van der Waals surface area contributed by atoms with Crippen LogP contribution in [0.15, 0.2) is 48.5 Å². The van der Waals surface area contributed by atoms with Gasteiger partial charge in [0.15, 0.2) is 11.5 Å². The molecule has 0 bridgehead atoms. The van der Waals surface area contributed by atoms with Crippen LogP contribution in [0.4, 0.5) is 0 Å². The van der Waals surface area contributed by atoms with Gasteiger partial charge in [-0.05, 0) is 29.3 Å². The van der Waals surface area contributed by atoms with Crippen molar-refractivity contribution in [3.63, 3.8) is 0 Å². The first kappa shape index (κ1) is 16.9. The van der Waals surface area contributed by atoms with E-state index in [4.69, 9.17) is 26.9 Å². The van der Waals surface area contributed by atoms with E-state index in [1.807, 2.05) is 35.8 Å². The number of methoxy groups -OCH3 is 1. The maximum atomic E-state index is 11.1. The summed E-state index contributed by atoms with van der Waals surface area (Å²) >= 11 is 6.26. The molecule has 0 aromatic heterocycles. The molecule has 120 valence electrons. The Bertz CT molecular complexity index is 702. The first-order chi connectivity index (χ1) is 11.1. The first-order valence-electron chi connectivity index (χ1n) is 6.87. The van der Waals surface area contributed by atoms with Crippen LogP contribution in [0.25, 0.3) is 6.08 Å². The molecule has 0 aliphatic carbocycles. The Labute approximate surface area is 139 Å². The molecule has 0 radical (unpaired) electrons. The summed E-state index contributed by atoms with van der Waals surface area (Å²) in [6.45, 7) is 0.377. The van der Waals surface area contributed by atoms with Crippen LogP contribution in [-0.4, -0.2) is 13.0 Å². The number of nitrogens with two attached hydrogens (primary N) is 1. The number of hydrogen-bond donors (Lipinski definition) is 2. The molecule has 6 heteroatoms. The summed E-state index contributed by atoms with van der Waals surface area (Å²) in [7, 11) is 1.53. The molecule has 0 aliphatic heterocycles. The van der Waals surface area contributed by atoms with Gasteiger partial charge in [-0.2, -0.15) is 0 Å². The average Bonchev–Trinajstić information content (AvgIpc) is 2.59. The summed E-state index contributed by atoms with van der Waals surface area (Å²) in [6.07, 6.45) is 2.88. The molecule has 2 aromatic rings. The van der Waals surface area contributed by atoms with Crippen molar-refractivity contribution in [1.29, 1.82) is 0 Å². The van der Waals surface area contributed by atoms with Gasteiger partial charge in [0, 0.05) is 6.08 Å². The smallest absolute Gasteiger partial charge is 0.257 e. The molecule has 0 unspecified atom stereocenters. The van der Waals surface area contributed by atoms with Crippen molar-refractivity contribution in [1.82, 2.24) is 5.43 Å². The average molecular weight is 333 g/mol. The van der Waals surface area contributed by atoms with Crippen molar-refractivity contribution in [2.24, 2.45) is 5.84 Å². The van der Waals surface area contributed by atoms with Crippen LogP contribution in [0.1, 0.15) is 11.1 Å². The van der Waals surface area contributed by atoms with Gasteiger partial charge in [-0.25, -0.2) is 5.84 Å². The summed E-state index contributed by atoms with van der Waals surface area (Å²) in [4.78, 5) is 11.1. The lowest BCUT2D eigenvalue weighted by Gasteiger charge is -2.13. The van der Waals surface area contributed by atoms with Crippen molar-refractivity contribution in [3.8, 4) is 11.5 Å². The van der Waals surface area contributed by atoms with E-state index in [0.717, 1.165) is 5.56 Å². The van der Waals surface area contributed by atoms with E-state index in [0.29, 0.717) is 28.7 Å². The van der Waals surface area contributed by atoms with E-state index in [1.165, 1.54) is 13.2 Å². The fraction of sp³-hybridized carbons (Fsp3) is 0.118. The van der Waals surface area contributed by atoms with Crippen LogP contribution >= 0.6 is 11.6 Å². The second kappa shape index (κ2) is 8.22. The van der Waals surface area contributed by atoms with Gasteiger partial charge in [-0.1, -0.05) is 41.9 Å². The molecule has 0 saturated heterocycles. The zero-order valence-electron chi connectivity index (χ0n) is 12.6. The molecule has 0 aliphatic rings. The molecular weight excluding hydrogens is 316 g/mol. The highest BCUT2D eigenvalue weighted by molar-refractivity contribution is 6.32.